The van der Waals surface area contributed by atoms with Crippen molar-refractivity contribution in [2.75, 3.05) is 0 Å². The van der Waals surface area contributed by atoms with Gasteiger partial charge < -0.3 is 4.74 Å². The first-order valence-corrected chi connectivity index (χ1v) is 8.41. The van der Waals surface area contributed by atoms with Gasteiger partial charge in [0, 0.05) is 18.5 Å². The summed E-state index contributed by atoms with van der Waals surface area (Å²) in [4.78, 5) is 25.5. The van der Waals surface area contributed by atoms with Gasteiger partial charge in [-0.3, -0.25) is 9.36 Å². The maximum atomic E-state index is 13.0. The zero-order chi connectivity index (χ0) is 18.8. The Hall–Kier alpha value is -2.46. The Kier molecular flexibility index (Phi) is 3.60. The minimum absolute atomic E-state index is 0.0592. The van der Waals surface area contributed by atoms with Gasteiger partial charge in [0.1, 0.15) is 11.8 Å². The number of halogens is 3. The van der Waals surface area contributed by atoms with E-state index in [4.69, 9.17) is 4.74 Å². The molecule has 0 amide bonds. The molecule has 1 aliphatic rings. The molecular weight excluding hydrogens is 371 g/mol. The van der Waals surface area contributed by atoms with Crippen LogP contribution in [0.2, 0.25) is 0 Å². The quantitative estimate of drug-likeness (QED) is 0.638. The van der Waals surface area contributed by atoms with E-state index in [0.29, 0.717) is 20.7 Å². The fourth-order valence-corrected chi connectivity index (χ4v) is 3.86. The molecule has 0 saturated carbocycles. The van der Waals surface area contributed by atoms with Gasteiger partial charge in [-0.1, -0.05) is 0 Å². The van der Waals surface area contributed by atoms with Crippen LogP contribution in [0.25, 0.3) is 16.6 Å². The zero-order valence-corrected chi connectivity index (χ0v) is 14.4. The minimum atomic E-state index is -4.79. The number of aromatic nitrogens is 3. The first kappa shape index (κ1) is 17.0. The molecule has 2 atom stereocenters. The Morgan fingerprint density at radius 1 is 1.23 bits per heavy atom. The Bertz CT molecular complexity index is 1150. The molecule has 0 bridgehead atoms. The molecule has 1 aliphatic heterocycles. The van der Waals surface area contributed by atoms with E-state index < -0.39 is 23.1 Å². The van der Waals surface area contributed by atoms with Gasteiger partial charge in [-0.2, -0.15) is 17.5 Å². The van der Waals surface area contributed by atoms with Crippen molar-refractivity contribution >= 4 is 22.4 Å². The first-order chi connectivity index (χ1) is 12.2. The van der Waals surface area contributed by atoms with E-state index in [2.05, 4.69) is 4.37 Å². The third-order valence-corrected chi connectivity index (χ3v) is 5.26. The van der Waals surface area contributed by atoms with Crippen LogP contribution in [0.1, 0.15) is 23.6 Å². The second-order valence-corrected chi connectivity index (χ2v) is 6.86. The number of epoxide rings is 1. The molecule has 0 unspecified atom stereocenters. The van der Waals surface area contributed by atoms with Crippen molar-refractivity contribution in [1.82, 2.24) is 13.5 Å². The maximum Gasteiger partial charge on any atom is 0.431 e. The number of nitrogens with zero attached hydrogens (tertiary/aromatic N) is 3. The van der Waals surface area contributed by atoms with Crippen LogP contribution >= 0.6 is 11.5 Å². The average Bonchev–Trinajstić information content (AvgIpc) is 3.13. The number of benzene rings is 1. The van der Waals surface area contributed by atoms with Gasteiger partial charge in [0.25, 0.3) is 5.56 Å². The van der Waals surface area contributed by atoms with Crippen molar-refractivity contribution in [2.24, 2.45) is 7.05 Å². The predicted molar refractivity (Wildman–Crippen MR) is 88.7 cm³/mol. The molecule has 136 valence electrons. The largest absolute Gasteiger partial charge is 0.431 e. The van der Waals surface area contributed by atoms with Crippen LogP contribution in [0.15, 0.2) is 33.9 Å². The molecule has 0 aliphatic carbocycles. The lowest BCUT2D eigenvalue weighted by Gasteiger charge is -2.14. The van der Waals surface area contributed by atoms with Crippen molar-refractivity contribution in [3.8, 4) is 5.69 Å². The highest BCUT2D eigenvalue weighted by molar-refractivity contribution is 7.07. The number of hydrogen-bond acceptors (Lipinski definition) is 5. The van der Waals surface area contributed by atoms with E-state index in [1.165, 1.54) is 17.6 Å². The highest BCUT2D eigenvalue weighted by Crippen LogP contribution is 2.43. The summed E-state index contributed by atoms with van der Waals surface area (Å²) >= 11 is 1.26. The molecule has 10 heteroatoms. The molecule has 3 aromatic rings. The third-order valence-electron chi connectivity index (χ3n) is 4.33. The summed E-state index contributed by atoms with van der Waals surface area (Å²) in [5.74, 6) is 0. The molecule has 6 nitrogen and oxygen atoms in total. The molecule has 1 aromatic carbocycles. The number of hydrogen-bond donors (Lipinski definition) is 0. The summed E-state index contributed by atoms with van der Waals surface area (Å²) in [5, 5.41) is 0.718. The first-order valence-electron chi connectivity index (χ1n) is 7.64. The van der Waals surface area contributed by atoms with E-state index in [1.54, 1.807) is 12.1 Å². The second-order valence-electron chi connectivity index (χ2n) is 6.05. The second kappa shape index (κ2) is 5.52. The standard InChI is InChI=1S/C16H12F3N3O3S/c1-7-13(25-7)14-9-5-8(3-4-10(9)20-26-14)22-12(23)6-11(16(17,18)19)21(2)15(22)24/h3-7,13H,1-2H3/t7-,13-/m1/s1. The van der Waals surface area contributed by atoms with Crippen LogP contribution in [0.3, 0.4) is 0 Å². The van der Waals surface area contributed by atoms with Gasteiger partial charge in [0.05, 0.1) is 22.2 Å². The average molecular weight is 383 g/mol. The molecule has 1 fully saturated rings. The molecule has 0 N–H and O–H groups in total. The summed E-state index contributed by atoms with van der Waals surface area (Å²) in [6, 6.07) is 5.11. The Morgan fingerprint density at radius 2 is 1.92 bits per heavy atom. The maximum absolute atomic E-state index is 13.0. The molecule has 0 spiro atoms. The summed E-state index contributed by atoms with van der Waals surface area (Å²) < 4.78 is 49.8. The monoisotopic (exact) mass is 383 g/mol. The summed E-state index contributed by atoms with van der Waals surface area (Å²) in [7, 11) is 0.983. The van der Waals surface area contributed by atoms with Gasteiger partial charge in [0.15, 0.2) is 0 Å². The molecular formula is C16H12F3N3O3S. The van der Waals surface area contributed by atoms with Crippen LogP contribution < -0.4 is 11.2 Å². The van der Waals surface area contributed by atoms with Gasteiger partial charge in [-0.05, 0) is 36.7 Å². The summed E-state index contributed by atoms with van der Waals surface area (Å²) in [6.07, 6.45) is -4.82. The number of fused-ring (bicyclic) bond motifs is 1. The zero-order valence-electron chi connectivity index (χ0n) is 13.6. The molecule has 3 heterocycles. The normalized spacial score (nSPS) is 19.9. The number of alkyl halides is 3. The van der Waals surface area contributed by atoms with Crippen LogP contribution in [-0.4, -0.2) is 19.6 Å². The van der Waals surface area contributed by atoms with Crippen molar-refractivity contribution in [3.05, 3.63) is 55.7 Å². The van der Waals surface area contributed by atoms with E-state index in [-0.39, 0.29) is 17.9 Å². The van der Waals surface area contributed by atoms with Crippen LogP contribution in [0, 0.1) is 0 Å². The fraction of sp³-hybridized carbons (Fsp3) is 0.312. The minimum Gasteiger partial charge on any atom is -0.364 e. The molecule has 1 saturated heterocycles. The van der Waals surface area contributed by atoms with Crippen LogP contribution in [0.4, 0.5) is 13.2 Å². The van der Waals surface area contributed by atoms with Crippen molar-refractivity contribution < 1.29 is 17.9 Å². The Balaban J connectivity index is 1.92. The van der Waals surface area contributed by atoms with Gasteiger partial charge >= 0.3 is 11.9 Å². The fourth-order valence-electron chi connectivity index (χ4n) is 2.89. The molecule has 4 rings (SSSR count). The smallest absolute Gasteiger partial charge is 0.364 e. The van der Waals surface area contributed by atoms with Crippen LogP contribution in [-0.2, 0) is 18.0 Å². The van der Waals surface area contributed by atoms with Crippen LogP contribution in [0.5, 0.6) is 0 Å². The number of rotatable bonds is 2. The lowest BCUT2D eigenvalue weighted by Crippen LogP contribution is -2.40. The van der Waals surface area contributed by atoms with Crippen molar-refractivity contribution in [1.29, 1.82) is 0 Å². The Morgan fingerprint density at radius 3 is 2.54 bits per heavy atom. The summed E-state index contributed by atoms with van der Waals surface area (Å²) in [5.41, 5.74) is -2.53. The third kappa shape index (κ3) is 2.56. The van der Waals surface area contributed by atoms with Gasteiger partial charge in [-0.15, -0.1) is 0 Å². The summed E-state index contributed by atoms with van der Waals surface area (Å²) in [6.45, 7) is 1.91. The molecule has 2 aromatic heterocycles. The Labute approximate surface area is 148 Å². The van der Waals surface area contributed by atoms with Gasteiger partial charge in [-0.25, -0.2) is 9.36 Å². The van der Waals surface area contributed by atoms with E-state index in [1.807, 2.05) is 6.92 Å². The lowest BCUT2D eigenvalue weighted by molar-refractivity contribution is -0.144. The lowest BCUT2D eigenvalue weighted by atomic mass is 10.1. The van der Waals surface area contributed by atoms with Crippen molar-refractivity contribution in [2.45, 2.75) is 25.3 Å². The van der Waals surface area contributed by atoms with E-state index >= 15 is 0 Å². The SMILES string of the molecule is C[C@H]1O[C@H]1c1snc2ccc(-n3c(=O)cc(C(F)(F)F)n(C)c3=O)cc12. The molecule has 26 heavy (non-hydrogen) atoms. The number of ether oxygens (including phenoxy) is 1. The predicted octanol–water partition coefficient (Wildman–Crippen LogP) is 2.62. The molecule has 0 radical (unpaired) electrons. The van der Waals surface area contributed by atoms with Gasteiger partial charge in [0.2, 0.25) is 0 Å². The van der Waals surface area contributed by atoms with E-state index in [9.17, 15) is 22.8 Å². The van der Waals surface area contributed by atoms with E-state index in [0.717, 1.165) is 17.3 Å². The highest BCUT2D eigenvalue weighted by Gasteiger charge is 2.39. The highest BCUT2D eigenvalue weighted by atomic mass is 32.1. The van der Waals surface area contributed by atoms with Crippen molar-refractivity contribution in [3.63, 3.8) is 0 Å². The topological polar surface area (TPSA) is 69.4 Å².